The molecule has 0 atom stereocenters. The number of rotatable bonds is 7. The maximum Gasteiger partial charge on any atom is 0.130 e. The summed E-state index contributed by atoms with van der Waals surface area (Å²) in [4.78, 5) is 10.7. The van der Waals surface area contributed by atoms with Crippen LogP contribution in [0.2, 0.25) is 0 Å². The van der Waals surface area contributed by atoms with Gasteiger partial charge in [0.25, 0.3) is 0 Å². The van der Waals surface area contributed by atoms with Crippen molar-refractivity contribution in [2.45, 2.75) is 52.9 Å². The third kappa shape index (κ3) is 7.78. The molecule has 0 heterocycles. The third-order valence-corrected chi connectivity index (χ3v) is 2.16. The molecule has 0 unspecified atom stereocenters. The molecule has 0 spiro atoms. The summed E-state index contributed by atoms with van der Waals surface area (Å²) in [6, 6.07) is 0. The largest absolute Gasteiger partial charge is 0.300 e. The first-order valence-corrected chi connectivity index (χ1v) is 5.53. The maximum atomic E-state index is 10.7. The van der Waals surface area contributed by atoms with E-state index < -0.39 is 0 Å². The number of hydrogen-bond acceptors (Lipinski definition) is 1. The summed E-state index contributed by atoms with van der Waals surface area (Å²) in [6.45, 7) is 5.99. The van der Waals surface area contributed by atoms with Crippen LogP contribution in [0.1, 0.15) is 52.9 Å². The van der Waals surface area contributed by atoms with Crippen molar-refractivity contribution in [2.75, 3.05) is 0 Å². The molecule has 0 fully saturated rings. The predicted octanol–water partition coefficient (Wildman–Crippen LogP) is 4.05. The highest BCUT2D eigenvalue weighted by molar-refractivity contribution is 5.75. The second-order valence-corrected chi connectivity index (χ2v) is 3.54. The zero-order valence-corrected chi connectivity index (χ0v) is 9.68. The van der Waals surface area contributed by atoms with Crippen molar-refractivity contribution in [3.8, 4) is 0 Å². The minimum absolute atomic E-state index is 0.273. The van der Waals surface area contributed by atoms with Crippen LogP contribution in [0, 0.1) is 0 Å². The Hall–Kier alpha value is -0.850. The van der Waals surface area contributed by atoms with Gasteiger partial charge in [0, 0.05) is 6.42 Å². The Kier molecular flexibility index (Phi) is 8.20. The van der Waals surface area contributed by atoms with Gasteiger partial charge < -0.3 is 4.79 Å². The van der Waals surface area contributed by atoms with Crippen molar-refractivity contribution < 1.29 is 4.79 Å². The lowest BCUT2D eigenvalue weighted by molar-refractivity contribution is -0.116. The zero-order chi connectivity index (χ0) is 10.8. The van der Waals surface area contributed by atoms with E-state index in [4.69, 9.17) is 0 Å². The van der Waals surface area contributed by atoms with Gasteiger partial charge in [0.05, 0.1) is 0 Å². The van der Waals surface area contributed by atoms with Gasteiger partial charge in [0.15, 0.2) is 0 Å². The van der Waals surface area contributed by atoms with Crippen molar-refractivity contribution in [3.05, 3.63) is 23.8 Å². The van der Waals surface area contributed by atoms with E-state index in [1.165, 1.54) is 5.57 Å². The Morgan fingerprint density at radius 2 is 1.93 bits per heavy atom. The first kappa shape index (κ1) is 13.2. The molecule has 0 radical (unpaired) electrons. The molecule has 0 aromatic carbocycles. The average Bonchev–Trinajstić information content (AvgIpc) is 2.15. The van der Waals surface area contributed by atoms with Crippen LogP contribution in [0.15, 0.2) is 23.8 Å². The smallest absolute Gasteiger partial charge is 0.130 e. The van der Waals surface area contributed by atoms with Gasteiger partial charge in [-0.25, -0.2) is 0 Å². The van der Waals surface area contributed by atoms with Crippen LogP contribution in [-0.2, 0) is 4.79 Å². The Bertz CT molecular complexity index is 211. The van der Waals surface area contributed by atoms with Crippen LogP contribution >= 0.6 is 0 Å². The number of allylic oxidation sites excluding steroid dienone is 4. The number of carbonyl (C=O) groups is 1. The molecule has 0 saturated heterocycles. The van der Waals surface area contributed by atoms with E-state index in [2.05, 4.69) is 32.1 Å². The minimum atomic E-state index is 0.273. The number of carbonyl (C=O) groups excluding carboxylic acids is 1. The van der Waals surface area contributed by atoms with Gasteiger partial charge in [0.2, 0.25) is 0 Å². The lowest BCUT2D eigenvalue weighted by Crippen LogP contribution is -1.86. The number of hydrogen-bond donors (Lipinski definition) is 0. The normalized spacial score (nSPS) is 12.4. The van der Waals surface area contributed by atoms with Crippen LogP contribution in [0.3, 0.4) is 0 Å². The molecule has 0 aliphatic rings. The van der Waals surface area contributed by atoms with Crippen LogP contribution in [-0.4, -0.2) is 5.78 Å². The molecule has 80 valence electrons. The van der Waals surface area contributed by atoms with Crippen molar-refractivity contribution in [3.63, 3.8) is 0 Å². The van der Waals surface area contributed by atoms with E-state index in [0.29, 0.717) is 6.42 Å². The van der Waals surface area contributed by atoms with Gasteiger partial charge >= 0.3 is 0 Å². The Balaban J connectivity index is 3.68. The lowest BCUT2D eigenvalue weighted by Gasteiger charge is -1.98. The molecular formula is C13H22O. The summed E-state index contributed by atoms with van der Waals surface area (Å²) in [7, 11) is 0. The molecule has 0 amide bonds. The molecule has 0 aromatic rings. The average molecular weight is 194 g/mol. The first-order chi connectivity index (χ1) is 6.70. The van der Waals surface area contributed by atoms with E-state index in [9.17, 15) is 4.79 Å². The molecule has 0 N–H and O–H groups in total. The van der Waals surface area contributed by atoms with E-state index in [-0.39, 0.29) is 5.78 Å². The second-order valence-electron chi connectivity index (χ2n) is 3.54. The molecular weight excluding hydrogens is 172 g/mol. The van der Waals surface area contributed by atoms with E-state index in [0.717, 1.165) is 25.7 Å². The highest BCUT2D eigenvalue weighted by Gasteiger charge is 1.90. The number of Topliss-reactive ketones (excluding diaryl/α,β-unsaturated/α-hetero) is 1. The number of ketones is 1. The van der Waals surface area contributed by atoms with Crippen molar-refractivity contribution >= 4 is 5.78 Å². The fourth-order valence-electron chi connectivity index (χ4n) is 1.30. The SMILES string of the molecule is CC/C=C(\CC)C/C=C/CCC(C)=O. The van der Waals surface area contributed by atoms with Gasteiger partial charge in [-0.3, -0.25) is 0 Å². The Labute approximate surface area is 87.9 Å². The van der Waals surface area contributed by atoms with Gasteiger partial charge in [-0.15, -0.1) is 0 Å². The molecule has 14 heavy (non-hydrogen) atoms. The fraction of sp³-hybridized carbons (Fsp3) is 0.615. The Morgan fingerprint density at radius 1 is 1.21 bits per heavy atom. The minimum Gasteiger partial charge on any atom is -0.300 e. The summed E-state index contributed by atoms with van der Waals surface area (Å²) in [6.07, 6.45) is 11.4. The highest BCUT2D eigenvalue weighted by atomic mass is 16.1. The predicted molar refractivity (Wildman–Crippen MR) is 62.3 cm³/mol. The van der Waals surface area contributed by atoms with Crippen molar-refractivity contribution in [1.82, 2.24) is 0 Å². The third-order valence-electron chi connectivity index (χ3n) is 2.16. The molecule has 0 aromatic heterocycles. The topological polar surface area (TPSA) is 17.1 Å². The van der Waals surface area contributed by atoms with Gasteiger partial charge in [-0.05, 0) is 32.6 Å². The second kappa shape index (κ2) is 8.74. The van der Waals surface area contributed by atoms with Crippen LogP contribution < -0.4 is 0 Å². The van der Waals surface area contributed by atoms with Gasteiger partial charge in [0.1, 0.15) is 5.78 Å². The molecule has 0 aliphatic heterocycles. The maximum absolute atomic E-state index is 10.7. The molecule has 0 aliphatic carbocycles. The quantitative estimate of drug-likeness (QED) is 0.559. The summed E-state index contributed by atoms with van der Waals surface area (Å²) in [5.41, 5.74) is 1.49. The first-order valence-electron chi connectivity index (χ1n) is 5.53. The van der Waals surface area contributed by atoms with Crippen LogP contribution in [0.4, 0.5) is 0 Å². The van der Waals surface area contributed by atoms with Crippen molar-refractivity contribution in [2.24, 2.45) is 0 Å². The molecule has 1 heteroatoms. The fourth-order valence-corrected chi connectivity index (χ4v) is 1.30. The standard InChI is InChI=1S/C13H22O/c1-4-9-13(5-2)11-8-6-7-10-12(3)14/h6,8-9H,4-5,7,10-11H2,1-3H3/b8-6+,13-9+. The van der Waals surface area contributed by atoms with Crippen molar-refractivity contribution in [1.29, 1.82) is 0 Å². The zero-order valence-electron chi connectivity index (χ0n) is 9.68. The molecule has 0 bridgehead atoms. The van der Waals surface area contributed by atoms with Gasteiger partial charge in [-0.2, -0.15) is 0 Å². The van der Waals surface area contributed by atoms with E-state index >= 15 is 0 Å². The molecule has 0 saturated carbocycles. The lowest BCUT2D eigenvalue weighted by atomic mass is 10.1. The summed E-state index contributed by atoms with van der Waals surface area (Å²) < 4.78 is 0. The summed E-state index contributed by atoms with van der Waals surface area (Å²) in [5, 5.41) is 0. The van der Waals surface area contributed by atoms with Gasteiger partial charge in [-0.1, -0.05) is 37.6 Å². The van der Waals surface area contributed by atoms with Crippen LogP contribution in [0.5, 0.6) is 0 Å². The Morgan fingerprint density at radius 3 is 2.43 bits per heavy atom. The molecule has 1 nitrogen and oxygen atoms in total. The highest BCUT2D eigenvalue weighted by Crippen LogP contribution is 2.08. The summed E-state index contributed by atoms with van der Waals surface area (Å²) in [5.74, 6) is 0.273. The molecule has 0 rings (SSSR count). The van der Waals surface area contributed by atoms with Crippen LogP contribution in [0.25, 0.3) is 0 Å². The van der Waals surface area contributed by atoms with E-state index in [1.807, 2.05) is 0 Å². The van der Waals surface area contributed by atoms with E-state index in [1.54, 1.807) is 6.92 Å². The summed E-state index contributed by atoms with van der Waals surface area (Å²) >= 11 is 0. The monoisotopic (exact) mass is 194 g/mol.